The maximum absolute atomic E-state index is 12.1. The van der Waals surface area contributed by atoms with Crippen LogP contribution in [0, 0.1) is 0 Å². The maximum atomic E-state index is 12.1. The van der Waals surface area contributed by atoms with E-state index in [1.807, 2.05) is 11.0 Å². The van der Waals surface area contributed by atoms with Crippen LogP contribution in [-0.4, -0.2) is 23.9 Å². The average molecular weight is 269 g/mol. The van der Waals surface area contributed by atoms with Crippen molar-refractivity contribution in [2.75, 3.05) is 13.1 Å². The smallest absolute Gasteiger partial charge is 0.246 e. The van der Waals surface area contributed by atoms with Crippen LogP contribution < -0.4 is 0 Å². The number of hydrogen-bond donors (Lipinski definition) is 0. The van der Waals surface area contributed by atoms with Crippen LogP contribution in [0.5, 0.6) is 0 Å². The summed E-state index contributed by atoms with van der Waals surface area (Å²) in [5.74, 6) is 0.640. The zero-order chi connectivity index (χ0) is 14.5. The fraction of sp³-hybridized carbons (Fsp3) is 0.389. The zero-order valence-corrected chi connectivity index (χ0v) is 12.4. The van der Waals surface area contributed by atoms with Gasteiger partial charge in [-0.05, 0) is 36.0 Å². The molecule has 1 aromatic carbocycles. The van der Waals surface area contributed by atoms with Gasteiger partial charge in [0.1, 0.15) is 0 Å². The van der Waals surface area contributed by atoms with E-state index >= 15 is 0 Å². The Morgan fingerprint density at radius 1 is 1.20 bits per heavy atom. The van der Waals surface area contributed by atoms with Crippen molar-refractivity contribution in [3.63, 3.8) is 0 Å². The van der Waals surface area contributed by atoms with Crippen LogP contribution in [0.3, 0.4) is 0 Å². The summed E-state index contributed by atoms with van der Waals surface area (Å²) in [5.41, 5.74) is 3.65. The molecule has 1 amide bonds. The summed E-state index contributed by atoms with van der Waals surface area (Å²) in [6.45, 7) is 9.93. The summed E-state index contributed by atoms with van der Waals surface area (Å²) >= 11 is 0. The molecule has 1 aliphatic heterocycles. The average Bonchev–Trinajstić information content (AvgIpc) is 2.46. The first-order chi connectivity index (χ1) is 9.56. The van der Waals surface area contributed by atoms with Crippen LogP contribution in [0.25, 0.3) is 6.08 Å². The van der Waals surface area contributed by atoms with Gasteiger partial charge in [0.2, 0.25) is 5.91 Å². The predicted molar refractivity (Wildman–Crippen MR) is 84.5 cm³/mol. The van der Waals surface area contributed by atoms with E-state index in [0.29, 0.717) is 5.92 Å². The zero-order valence-electron chi connectivity index (χ0n) is 12.4. The standard InChI is InChI=1S/C18H23NO/c1-14(2)17-7-4-16(5-8-17)6-9-18(20)19-12-10-15(3)11-13-19/h4-9,14H,3,10-13H2,1-2H3/b9-6+. The van der Waals surface area contributed by atoms with Crippen molar-refractivity contribution in [1.29, 1.82) is 0 Å². The number of hydrogen-bond acceptors (Lipinski definition) is 1. The van der Waals surface area contributed by atoms with Gasteiger partial charge in [0.15, 0.2) is 0 Å². The first-order valence-corrected chi connectivity index (χ1v) is 7.30. The number of amides is 1. The van der Waals surface area contributed by atoms with Crippen molar-refractivity contribution in [3.8, 4) is 0 Å². The van der Waals surface area contributed by atoms with Crippen molar-refractivity contribution < 1.29 is 4.79 Å². The third-order valence-corrected chi connectivity index (χ3v) is 3.80. The van der Waals surface area contributed by atoms with Crippen LogP contribution in [-0.2, 0) is 4.79 Å². The molecule has 0 atom stereocenters. The van der Waals surface area contributed by atoms with Crippen LogP contribution in [0.15, 0.2) is 42.5 Å². The first kappa shape index (κ1) is 14.6. The number of carbonyl (C=O) groups is 1. The molecule has 0 aromatic heterocycles. The van der Waals surface area contributed by atoms with E-state index in [2.05, 4.69) is 44.7 Å². The highest BCUT2D eigenvalue weighted by molar-refractivity contribution is 5.91. The van der Waals surface area contributed by atoms with Gasteiger partial charge in [0.25, 0.3) is 0 Å². The SMILES string of the molecule is C=C1CCN(C(=O)/C=C/c2ccc(C(C)C)cc2)CC1. The van der Waals surface area contributed by atoms with Gasteiger partial charge in [0.05, 0.1) is 0 Å². The molecule has 0 unspecified atom stereocenters. The van der Waals surface area contributed by atoms with E-state index in [1.165, 1.54) is 11.1 Å². The van der Waals surface area contributed by atoms with Crippen molar-refractivity contribution in [2.24, 2.45) is 0 Å². The highest BCUT2D eigenvalue weighted by atomic mass is 16.2. The Morgan fingerprint density at radius 3 is 2.35 bits per heavy atom. The number of likely N-dealkylation sites (tertiary alicyclic amines) is 1. The molecule has 1 saturated heterocycles. The molecule has 0 radical (unpaired) electrons. The van der Waals surface area contributed by atoms with Gasteiger partial charge < -0.3 is 4.90 Å². The van der Waals surface area contributed by atoms with Gasteiger partial charge in [-0.2, -0.15) is 0 Å². The molecule has 0 bridgehead atoms. The van der Waals surface area contributed by atoms with Crippen LogP contribution in [0.2, 0.25) is 0 Å². The Bertz CT molecular complexity index is 501. The Balaban J connectivity index is 1.94. The lowest BCUT2D eigenvalue weighted by atomic mass is 10.0. The molecule has 0 N–H and O–H groups in total. The Hall–Kier alpha value is -1.83. The Morgan fingerprint density at radius 2 is 1.80 bits per heavy atom. The molecule has 0 spiro atoms. The van der Waals surface area contributed by atoms with Gasteiger partial charge in [-0.15, -0.1) is 0 Å². The highest BCUT2D eigenvalue weighted by Crippen LogP contribution is 2.16. The lowest BCUT2D eigenvalue weighted by Gasteiger charge is -2.26. The van der Waals surface area contributed by atoms with Crippen molar-refractivity contribution >= 4 is 12.0 Å². The number of piperidine rings is 1. The van der Waals surface area contributed by atoms with E-state index in [0.717, 1.165) is 31.5 Å². The van der Waals surface area contributed by atoms with E-state index < -0.39 is 0 Å². The first-order valence-electron chi connectivity index (χ1n) is 7.30. The van der Waals surface area contributed by atoms with E-state index in [9.17, 15) is 4.79 Å². The van der Waals surface area contributed by atoms with E-state index in [1.54, 1.807) is 6.08 Å². The van der Waals surface area contributed by atoms with Gasteiger partial charge in [-0.25, -0.2) is 0 Å². The molecule has 0 saturated carbocycles. The maximum Gasteiger partial charge on any atom is 0.246 e. The van der Waals surface area contributed by atoms with Crippen LogP contribution >= 0.6 is 0 Å². The van der Waals surface area contributed by atoms with E-state index in [4.69, 9.17) is 0 Å². The summed E-state index contributed by atoms with van der Waals surface area (Å²) in [6, 6.07) is 8.38. The predicted octanol–water partition coefficient (Wildman–Crippen LogP) is 4.00. The molecule has 20 heavy (non-hydrogen) atoms. The monoisotopic (exact) mass is 269 g/mol. The fourth-order valence-corrected chi connectivity index (χ4v) is 2.31. The van der Waals surface area contributed by atoms with Gasteiger partial charge in [0, 0.05) is 19.2 Å². The molecule has 1 aromatic rings. The minimum absolute atomic E-state index is 0.102. The van der Waals surface area contributed by atoms with Crippen molar-refractivity contribution in [3.05, 3.63) is 53.6 Å². The second-order valence-corrected chi connectivity index (χ2v) is 5.73. The number of benzene rings is 1. The molecule has 1 heterocycles. The molecule has 0 aliphatic carbocycles. The van der Waals surface area contributed by atoms with Gasteiger partial charge in [-0.1, -0.05) is 50.3 Å². The molecular formula is C18H23NO. The second-order valence-electron chi connectivity index (χ2n) is 5.73. The third kappa shape index (κ3) is 3.83. The molecular weight excluding hydrogens is 246 g/mol. The summed E-state index contributed by atoms with van der Waals surface area (Å²) in [5, 5.41) is 0. The van der Waals surface area contributed by atoms with E-state index in [-0.39, 0.29) is 5.91 Å². The summed E-state index contributed by atoms with van der Waals surface area (Å²) in [6.07, 6.45) is 5.44. The number of carbonyl (C=O) groups excluding carboxylic acids is 1. The second kappa shape index (κ2) is 6.56. The van der Waals surface area contributed by atoms with Gasteiger partial charge >= 0.3 is 0 Å². The summed E-state index contributed by atoms with van der Waals surface area (Å²) in [4.78, 5) is 14.0. The molecule has 2 nitrogen and oxygen atoms in total. The Kier molecular flexibility index (Phi) is 4.78. The Labute approximate surface area is 121 Å². The van der Waals surface area contributed by atoms with Crippen molar-refractivity contribution in [1.82, 2.24) is 4.90 Å². The molecule has 1 aliphatic rings. The molecule has 1 fully saturated rings. The minimum atomic E-state index is 0.102. The van der Waals surface area contributed by atoms with Crippen molar-refractivity contribution in [2.45, 2.75) is 32.6 Å². The molecule has 106 valence electrons. The minimum Gasteiger partial charge on any atom is -0.339 e. The lowest BCUT2D eigenvalue weighted by Crippen LogP contribution is -2.34. The lowest BCUT2D eigenvalue weighted by molar-refractivity contribution is -0.126. The summed E-state index contributed by atoms with van der Waals surface area (Å²) < 4.78 is 0. The topological polar surface area (TPSA) is 20.3 Å². The normalized spacial score (nSPS) is 16.1. The quantitative estimate of drug-likeness (QED) is 0.600. The number of rotatable bonds is 3. The fourth-order valence-electron chi connectivity index (χ4n) is 2.31. The van der Waals surface area contributed by atoms with Crippen LogP contribution in [0.1, 0.15) is 43.7 Å². The number of nitrogens with zero attached hydrogens (tertiary/aromatic N) is 1. The molecule has 2 heteroatoms. The third-order valence-electron chi connectivity index (χ3n) is 3.80. The molecule has 2 rings (SSSR count). The van der Waals surface area contributed by atoms with Gasteiger partial charge in [-0.3, -0.25) is 4.79 Å². The highest BCUT2D eigenvalue weighted by Gasteiger charge is 2.15. The largest absolute Gasteiger partial charge is 0.339 e. The van der Waals surface area contributed by atoms with Crippen LogP contribution in [0.4, 0.5) is 0 Å². The summed E-state index contributed by atoms with van der Waals surface area (Å²) in [7, 11) is 0.